The normalized spacial score (nSPS) is 25.7. The van der Waals surface area contributed by atoms with E-state index < -0.39 is 16.1 Å². The van der Waals surface area contributed by atoms with Crippen LogP contribution in [-0.4, -0.2) is 56.5 Å². The van der Waals surface area contributed by atoms with Crippen LogP contribution in [0.2, 0.25) is 0 Å². The predicted molar refractivity (Wildman–Crippen MR) is 57.0 cm³/mol. The molecule has 2 atom stereocenters. The van der Waals surface area contributed by atoms with Crippen LogP contribution in [0.3, 0.4) is 0 Å². The van der Waals surface area contributed by atoms with E-state index in [1.165, 1.54) is 11.4 Å². The van der Waals surface area contributed by atoms with Crippen molar-refractivity contribution in [2.75, 3.05) is 32.6 Å². The summed E-state index contributed by atoms with van der Waals surface area (Å²) < 4.78 is 29.7. The second-order valence-corrected chi connectivity index (χ2v) is 6.04. The van der Waals surface area contributed by atoms with Gasteiger partial charge in [0.1, 0.15) is 0 Å². The van der Waals surface area contributed by atoms with Gasteiger partial charge in [0.2, 0.25) is 10.0 Å². The van der Waals surface area contributed by atoms with Gasteiger partial charge in [0.25, 0.3) is 0 Å². The Morgan fingerprint density at radius 1 is 1.60 bits per heavy atom. The summed E-state index contributed by atoms with van der Waals surface area (Å²) in [6.07, 6.45) is 0.303. The highest BCUT2D eigenvalue weighted by Gasteiger charge is 2.32. The van der Waals surface area contributed by atoms with E-state index >= 15 is 0 Å². The summed E-state index contributed by atoms with van der Waals surface area (Å²) in [6, 6.07) is 0. The van der Waals surface area contributed by atoms with E-state index in [-0.39, 0.29) is 18.3 Å². The van der Waals surface area contributed by atoms with E-state index in [1.807, 2.05) is 0 Å². The van der Waals surface area contributed by atoms with Gasteiger partial charge in [-0.1, -0.05) is 0 Å². The van der Waals surface area contributed by atoms with Crippen LogP contribution in [0.1, 0.15) is 13.3 Å². The second-order valence-electron chi connectivity index (χ2n) is 3.96. The average Bonchev–Trinajstić information content (AvgIpc) is 2.64. The monoisotopic (exact) mass is 237 g/mol. The van der Waals surface area contributed by atoms with Crippen LogP contribution in [-0.2, 0) is 14.8 Å². The van der Waals surface area contributed by atoms with E-state index in [2.05, 4.69) is 0 Å². The molecule has 0 amide bonds. The van der Waals surface area contributed by atoms with Crippen molar-refractivity contribution in [2.45, 2.75) is 19.4 Å². The van der Waals surface area contributed by atoms with Crippen LogP contribution >= 0.6 is 0 Å². The Morgan fingerprint density at radius 3 is 2.73 bits per heavy atom. The zero-order valence-electron chi connectivity index (χ0n) is 9.22. The van der Waals surface area contributed by atoms with Crippen LogP contribution in [0.15, 0.2) is 0 Å². The van der Waals surface area contributed by atoms with Crippen molar-refractivity contribution in [3.63, 3.8) is 0 Å². The lowest BCUT2D eigenvalue weighted by Crippen LogP contribution is -2.33. The molecule has 1 aliphatic heterocycles. The third kappa shape index (κ3) is 3.41. The third-order valence-corrected chi connectivity index (χ3v) is 4.61. The first-order valence-electron chi connectivity index (χ1n) is 5.12. The highest BCUT2D eigenvalue weighted by Crippen LogP contribution is 2.22. The number of hydrogen-bond acceptors (Lipinski definition) is 4. The van der Waals surface area contributed by atoms with Gasteiger partial charge >= 0.3 is 0 Å². The zero-order valence-corrected chi connectivity index (χ0v) is 10.0. The Labute approximate surface area is 91.1 Å². The number of nitrogens with zero attached hydrogens (tertiary/aromatic N) is 1. The van der Waals surface area contributed by atoms with Crippen molar-refractivity contribution in [3.05, 3.63) is 0 Å². The van der Waals surface area contributed by atoms with Crippen molar-refractivity contribution >= 4 is 10.0 Å². The average molecular weight is 237 g/mol. The molecule has 0 aromatic carbocycles. The van der Waals surface area contributed by atoms with Crippen molar-refractivity contribution in [1.82, 2.24) is 4.31 Å². The molecule has 0 aliphatic carbocycles. The standard InChI is InChI=1S/C9H19NO4S/c1-8(11)9-3-4-10(7-9)15(12,13)6-5-14-2/h8-9,11H,3-7H2,1-2H3. The largest absolute Gasteiger partial charge is 0.393 e. The summed E-state index contributed by atoms with van der Waals surface area (Å²) in [6.45, 7) is 2.87. The Balaban J connectivity index is 2.52. The SMILES string of the molecule is COCCS(=O)(=O)N1CCC(C(C)O)C1. The number of aliphatic hydroxyl groups is 1. The van der Waals surface area contributed by atoms with Crippen LogP contribution < -0.4 is 0 Å². The summed E-state index contributed by atoms with van der Waals surface area (Å²) in [5.41, 5.74) is 0. The molecular weight excluding hydrogens is 218 g/mol. The molecule has 2 unspecified atom stereocenters. The van der Waals surface area contributed by atoms with Crippen molar-refractivity contribution in [1.29, 1.82) is 0 Å². The van der Waals surface area contributed by atoms with Crippen molar-refractivity contribution in [3.8, 4) is 0 Å². The van der Waals surface area contributed by atoms with Crippen LogP contribution in [0.25, 0.3) is 0 Å². The van der Waals surface area contributed by atoms with E-state index in [0.717, 1.165) is 6.42 Å². The molecule has 5 nitrogen and oxygen atoms in total. The Morgan fingerprint density at radius 2 is 2.27 bits per heavy atom. The van der Waals surface area contributed by atoms with Gasteiger partial charge in [-0.3, -0.25) is 0 Å². The molecule has 1 rings (SSSR count). The van der Waals surface area contributed by atoms with Crippen LogP contribution in [0, 0.1) is 5.92 Å². The summed E-state index contributed by atoms with van der Waals surface area (Å²) >= 11 is 0. The van der Waals surface area contributed by atoms with Crippen LogP contribution in [0.5, 0.6) is 0 Å². The number of hydrogen-bond donors (Lipinski definition) is 1. The van der Waals surface area contributed by atoms with E-state index in [1.54, 1.807) is 6.92 Å². The molecule has 90 valence electrons. The van der Waals surface area contributed by atoms with Crippen LogP contribution in [0.4, 0.5) is 0 Å². The highest BCUT2D eigenvalue weighted by molar-refractivity contribution is 7.89. The van der Waals surface area contributed by atoms with Gasteiger partial charge in [-0.2, -0.15) is 0 Å². The van der Waals surface area contributed by atoms with Gasteiger partial charge < -0.3 is 9.84 Å². The molecule has 1 aliphatic rings. The molecule has 0 aromatic heterocycles. The van der Waals surface area contributed by atoms with Crippen molar-refractivity contribution in [2.24, 2.45) is 5.92 Å². The summed E-state index contributed by atoms with van der Waals surface area (Å²) in [5, 5.41) is 9.37. The molecule has 0 saturated carbocycles. The first kappa shape index (κ1) is 12.9. The second kappa shape index (κ2) is 5.25. The molecule has 0 spiro atoms. The molecule has 0 bridgehead atoms. The third-order valence-electron chi connectivity index (χ3n) is 2.81. The molecule has 0 aromatic rings. The highest BCUT2D eigenvalue weighted by atomic mass is 32.2. The lowest BCUT2D eigenvalue weighted by atomic mass is 10.0. The predicted octanol–water partition coefficient (Wildman–Crippen LogP) is -0.335. The Bertz CT molecular complexity index is 288. The van der Waals surface area contributed by atoms with Gasteiger partial charge in [0.05, 0.1) is 18.5 Å². The maximum atomic E-state index is 11.7. The number of rotatable bonds is 5. The van der Waals surface area contributed by atoms with Gasteiger partial charge in [0.15, 0.2) is 0 Å². The molecule has 1 N–H and O–H groups in total. The fourth-order valence-corrected chi connectivity index (χ4v) is 3.16. The number of methoxy groups -OCH3 is 1. The molecule has 6 heteroatoms. The van der Waals surface area contributed by atoms with Gasteiger partial charge in [-0.05, 0) is 19.3 Å². The quantitative estimate of drug-likeness (QED) is 0.710. The molecular formula is C9H19NO4S. The molecule has 1 fully saturated rings. The number of sulfonamides is 1. The van der Waals surface area contributed by atoms with Gasteiger partial charge in [0, 0.05) is 20.2 Å². The maximum absolute atomic E-state index is 11.7. The minimum absolute atomic E-state index is 0.0238. The lowest BCUT2D eigenvalue weighted by Gasteiger charge is -2.17. The molecule has 15 heavy (non-hydrogen) atoms. The fourth-order valence-electron chi connectivity index (χ4n) is 1.72. The van der Waals surface area contributed by atoms with Gasteiger partial charge in [-0.15, -0.1) is 0 Å². The first-order chi connectivity index (χ1) is 6.97. The fraction of sp³-hybridized carbons (Fsp3) is 1.00. The Hall–Kier alpha value is -0.170. The lowest BCUT2D eigenvalue weighted by molar-refractivity contribution is 0.132. The van der Waals surface area contributed by atoms with Crippen molar-refractivity contribution < 1.29 is 18.3 Å². The first-order valence-corrected chi connectivity index (χ1v) is 6.73. The summed E-state index contributed by atoms with van der Waals surface area (Å²) in [4.78, 5) is 0. The molecule has 0 radical (unpaired) electrons. The smallest absolute Gasteiger partial charge is 0.216 e. The summed E-state index contributed by atoms with van der Waals surface area (Å²) in [7, 11) is -1.71. The van der Waals surface area contributed by atoms with E-state index in [4.69, 9.17) is 4.74 Å². The number of ether oxygens (including phenoxy) is 1. The van der Waals surface area contributed by atoms with E-state index in [0.29, 0.717) is 13.1 Å². The minimum atomic E-state index is -3.19. The zero-order chi connectivity index (χ0) is 11.5. The summed E-state index contributed by atoms with van der Waals surface area (Å²) in [5.74, 6) is 0.0954. The molecule has 1 saturated heterocycles. The van der Waals surface area contributed by atoms with E-state index in [9.17, 15) is 13.5 Å². The molecule has 1 heterocycles. The Kier molecular flexibility index (Phi) is 4.51. The minimum Gasteiger partial charge on any atom is -0.393 e. The topological polar surface area (TPSA) is 66.8 Å². The van der Waals surface area contributed by atoms with Gasteiger partial charge in [-0.25, -0.2) is 12.7 Å². The number of aliphatic hydroxyl groups excluding tert-OH is 1. The maximum Gasteiger partial charge on any atom is 0.216 e.